The zero-order valence-electron chi connectivity index (χ0n) is 14.9. The largest absolute Gasteiger partial charge is 0.340 e. The minimum Gasteiger partial charge on any atom is -0.340 e. The number of nitrogens with one attached hydrogen (secondary N) is 2. The molecule has 0 fully saturated rings. The normalized spacial score (nSPS) is 11.2. The zero-order valence-corrected chi connectivity index (χ0v) is 16.5. The highest BCUT2D eigenvalue weighted by atomic mass is 35.5. The summed E-state index contributed by atoms with van der Waals surface area (Å²) >= 11 is 5.88. The summed E-state index contributed by atoms with van der Waals surface area (Å²) in [7, 11) is -3.72. The SMILES string of the molecule is O=S(=O)(Nc1ccc(Nc2cc(-n3cccn3)ncn2)cc1)c1cccc(Cl)c1. The van der Waals surface area contributed by atoms with Crippen LogP contribution in [0.1, 0.15) is 0 Å². The first-order valence-electron chi connectivity index (χ1n) is 8.47. The van der Waals surface area contributed by atoms with Crippen LogP contribution in [0.2, 0.25) is 5.02 Å². The van der Waals surface area contributed by atoms with E-state index in [9.17, 15) is 8.42 Å². The average Bonchev–Trinajstić information content (AvgIpc) is 3.25. The summed E-state index contributed by atoms with van der Waals surface area (Å²) in [6.07, 6.45) is 4.89. The van der Waals surface area contributed by atoms with E-state index in [1.54, 1.807) is 65.6 Å². The van der Waals surface area contributed by atoms with Crippen LogP contribution in [-0.2, 0) is 10.0 Å². The Balaban J connectivity index is 1.48. The number of rotatable bonds is 6. The summed E-state index contributed by atoms with van der Waals surface area (Å²) in [5, 5.41) is 7.64. The highest BCUT2D eigenvalue weighted by Gasteiger charge is 2.14. The average molecular weight is 427 g/mol. The van der Waals surface area contributed by atoms with Crippen molar-refractivity contribution in [3.8, 4) is 5.82 Å². The van der Waals surface area contributed by atoms with E-state index in [-0.39, 0.29) is 4.90 Å². The van der Waals surface area contributed by atoms with E-state index in [1.165, 1.54) is 18.5 Å². The van der Waals surface area contributed by atoms with Crippen molar-refractivity contribution >= 4 is 38.8 Å². The molecule has 2 aromatic heterocycles. The lowest BCUT2D eigenvalue weighted by molar-refractivity contribution is 0.601. The second-order valence-corrected chi connectivity index (χ2v) is 8.10. The summed E-state index contributed by atoms with van der Waals surface area (Å²) in [5.41, 5.74) is 1.16. The van der Waals surface area contributed by atoms with E-state index < -0.39 is 10.0 Å². The van der Waals surface area contributed by atoms with Gasteiger partial charge in [-0.2, -0.15) is 5.10 Å². The van der Waals surface area contributed by atoms with E-state index >= 15 is 0 Å². The van der Waals surface area contributed by atoms with Gasteiger partial charge in [0.05, 0.1) is 4.90 Å². The lowest BCUT2D eigenvalue weighted by Crippen LogP contribution is -2.12. The van der Waals surface area contributed by atoms with Crippen LogP contribution < -0.4 is 10.0 Å². The van der Waals surface area contributed by atoms with Gasteiger partial charge in [0.1, 0.15) is 12.1 Å². The predicted octanol–water partition coefficient (Wildman–Crippen LogP) is 3.86. The highest BCUT2D eigenvalue weighted by molar-refractivity contribution is 7.92. The molecule has 0 atom stereocenters. The Morgan fingerprint density at radius 1 is 0.931 bits per heavy atom. The van der Waals surface area contributed by atoms with Gasteiger partial charge < -0.3 is 5.32 Å². The Morgan fingerprint density at radius 3 is 2.45 bits per heavy atom. The molecule has 0 unspecified atom stereocenters. The van der Waals surface area contributed by atoms with E-state index in [2.05, 4.69) is 25.1 Å². The van der Waals surface area contributed by atoms with E-state index in [0.29, 0.717) is 22.3 Å². The highest BCUT2D eigenvalue weighted by Crippen LogP contribution is 2.22. The molecule has 0 saturated carbocycles. The molecule has 0 radical (unpaired) electrons. The van der Waals surface area contributed by atoms with Crippen LogP contribution in [0.4, 0.5) is 17.2 Å². The number of hydrogen-bond acceptors (Lipinski definition) is 6. The molecule has 0 aliphatic heterocycles. The fourth-order valence-corrected chi connectivity index (χ4v) is 3.92. The second kappa shape index (κ2) is 7.90. The molecule has 2 heterocycles. The van der Waals surface area contributed by atoms with Gasteiger partial charge in [-0.1, -0.05) is 17.7 Å². The molecule has 29 heavy (non-hydrogen) atoms. The van der Waals surface area contributed by atoms with Crippen molar-refractivity contribution in [1.82, 2.24) is 19.7 Å². The van der Waals surface area contributed by atoms with Gasteiger partial charge in [0, 0.05) is 34.9 Å². The third kappa shape index (κ3) is 4.53. The van der Waals surface area contributed by atoms with Crippen LogP contribution in [-0.4, -0.2) is 28.2 Å². The molecule has 0 saturated heterocycles. The van der Waals surface area contributed by atoms with Gasteiger partial charge in [-0.15, -0.1) is 0 Å². The molecule has 10 heteroatoms. The maximum atomic E-state index is 12.5. The van der Waals surface area contributed by atoms with Crippen molar-refractivity contribution in [2.24, 2.45) is 0 Å². The van der Waals surface area contributed by atoms with Crippen LogP contribution in [0.5, 0.6) is 0 Å². The smallest absolute Gasteiger partial charge is 0.261 e. The van der Waals surface area contributed by atoms with Gasteiger partial charge in [-0.05, 0) is 48.5 Å². The molecule has 0 spiro atoms. The topological polar surface area (TPSA) is 102 Å². The summed E-state index contributed by atoms with van der Waals surface area (Å²) in [5.74, 6) is 1.20. The minimum absolute atomic E-state index is 0.0966. The fourth-order valence-electron chi connectivity index (χ4n) is 2.56. The maximum absolute atomic E-state index is 12.5. The van der Waals surface area contributed by atoms with Gasteiger partial charge in [-0.25, -0.2) is 23.1 Å². The first-order valence-corrected chi connectivity index (χ1v) is 10.3. The van der Waals surface area contributed by atoms with Crippen molar-refractivity contribution in [2.45, 2.75) is 4.90 Å². The van der Waals surface area contributed by atoms with Gasteiger partial charge in [0.25, 0.3) is 10.0 Å². The molecule has 0 bridgehead atoms. The molecular weight excluding hydrogens is 412 g/mol. The van der Waals surface area contributed by atoms with E-state index in [1.807, 2.05) is 0 Å². The molecule has 4 rings (SSSR count). The van der Waals surface area contributed by atoms with Crippen LogP contribution >= 0.6 is 11.6 Å². The van der Waals surface area contributed by atoms with Crippen molar-refractivity contribution in [1.29, 1.82) is 0 Å². The van der Waals surface area contributed by atoms with Gasteiger partial charge in [-0.3, -0.25) is 4.72 Å². The number of hydrogen-bond donors (Lipinski definition) is 2. The zero-order chi connectivity index (χ0) is 20.3. The van der Waals surface area contributed by atoms with Crippen LogP contribution in [0.25, 0.3) is 5.82 Å². The summed E-state index contributed by atoms with van der Waals surface area (Å²) in [6, 6.07) is 16.4. The lowest BCUT2D eigenvalue weighted by Gasteiger charge is -2.10. The fraction of sp³-hybridized carbons (Fsp3) is 0. The molecule has 8 nitrogen and oxygen atoms in total. The molecular formula is C19H15ClN6O2S. The Hall–Kier alpha value is -3.43. The number of halogens is 1. The van der Waals surface area contributed by atoms with Gasteiger partial charge in [0.15, 0.2) is 5.82 Å². The van der Waals surface area contributed by atoms with Crippen molar-refractivity contribution in [3.05, 3.63) is 84.4 Å². The number of benzene rings is 2. The predicted molar refractivity (Wildman–Crippen MR) is 111 cm³/mol. The number of anilines is 3. The first kappa shape index (κ1) is 18.9. The number of nitrogens with zero attached hydrogens (tertiary/aromatic N) is 4. The molecule has 2 N–H and O–H groups in total. The standard InChI is InChI=1S/C19H15ClN6O2S/c20-14-3-1-4-17(11-14)29(27,28)25-16-7-5-15(6-8-16)24-18-12-19(22-13-21-18)26-10-2-9-23-26/h1-13,25H,(H,21,22,24). The van der Waals surface area contributed by atoms with Crippen LogP contribution in [0.3, 0.4) is 0 Å². The molecule has 4 aromatic rings. The maximum Gasteiger partial charge on any atom is 0.261 e. The van der Waals surface area contributed by atoms with Crippen molar-refractivity contribution in [2.75, 3.05) is 10.0 Å². The first-order chi connectivity index (χ1) is 14.0. The summed E-state index contributed by atoms with van der Waals surface area (Å²) in [4.78, 5) is 8.46. The number of sulfonamides is 1. The lowest BCUT2D eigenvalue weighted by atomic mass is 10.3. The van der Waals surface area contributed by atoms with Gasteiger partial charge in [0.2, 0.25) is 0 Å². The van der Waals surface area contributed by atoms with E-state index in [0.717, 1.165) is 5.69 Å². The van der Waals surface area contributed by atoms with Crippen LogP contribution in [0.15, 0.2) is 84.3 Å². The Labute approximate surface area is 172 Å². The molecule has 0 aliphatic carbocycles. The molecule has 0 aliphatic rings. The minimum atomic E-state index is -3.72. The third-order valence-electron chi connectivity index (χ3n) is 3.91. The Morgan fingerprint density at radius 2 is 1.72 bits per heavy atom. The molecule has 146 valence electrons. The van der Waals surface area contributed by atoms with E-state index in [4.69, 9.17) is 11.6 Å². The Bertz CT molecular complexity index is 1230. The molecule has 0 amide bonds. The Kier molecular flexibility index (Phi) is 5.15. The third-order valence-corrected chi connectivity index (χ3v) is 5.52. The van der Waals surface area contributed by atoms with Gasteiger partial charge >= 0.3 is 0 Å². The number of aromatic nitrogens is 4. The van der Waals surface area contributed by atoms with Crippen LogP contribution in [0, 0.1) is 0 Å². The summed E-state index contributed by atoms with van der Waals surface area (Å²) in [6.45, 7) is 0. The quantitative estimate of drug-likeness (QED) is 0.485. The van der Waals surface area contributed by atoms with Crippen molar-refractivity contribution in [3.63, 3.8) is 0 Å². The van der Waals surface area contributed by atoms with Crippen molar-refractivity contribution < 1.29 is 8.42 Å². The summed E-state index contributed by atoms with van der Waals surface area (Å²) < 4.78 is 29.1. The second-order valence-electron chi connectivity index (χ2n) is 5.98. The monoisotopic (exact) mass is 426 g/mol. The molecule has 2 aromatic carbocycles.